The lowest BCUT2D eigenvalue weighted by molar-refractivity contribution is -0.135. The molecule has 0 fully saturated rings. The van der Waals surface area contributed by atoms with Crippen LogP contribution in [0.1, 0.15) is 16.8 Å². The predicted octanol–water partition coefficient (Wildman–Crippen LogP) is 1.39. The van der Waals surface area contributed by atoms with Crippen molar-refractivity contribution >= 4 is 35.1 Å². The molecule has 1 aliphatic heterocycles. The fraction of sp³-hybridized carbons (Fsp3) is 0.182. The minimum atomic E-state index is -1.16. The highest BCUT2D eigenvalue weighted by Crippen LogP contribution is 2.32. The largest absolute Gasteiger partial charge is 0.481 e. The summed E-state index contributed by atoms with van der Waals surface area (Å²) in [5.41, 5.74) is 0.872. The van der Waals surface area contributed by atoms with Crippen molar-refractivity contribution in [2.24, 2.45) is 0 Å². The van der Waals surface area contributed by atoms with Gasteiger partial charge in [-0.1, -0.05) is 6.07 Å². The zero-order valence-electron chi connectivity index (χ0n) is 8.73. The summed E-state index contributed by atoms with van der Waals surface area (Å²) in [6.45, 7) is 0. The van der Waals surface area contributed by atoms with Gasteiger partial charge in [0.1, 0.15) is 6.42 Å². The molecule has 5 nitrogen and oxygen atoms in total. The molecule has 1 amide bonds. The summed E-state index contributed by atoms with van der Waals surface area (Å²) in [7, 11) is 0. The molecular weight excluding hydrogens is 242 g/mol. The van der Waals surface area contributed by atoms with Crippen molar-refractivity contribution < 1.29 is 19.5 Å². The summed E-state index contributed by atoms with van der Waals surface area (Å²) < 4.78 is 0. The van der Waals surface area contributed by atoms with Crippen molar-refractivity contribution in [3.05, 3.63) is 23.8 Å². The second kappa shape index (κ2) is 4.58. The number of hydrogen-bond donors (Lipinski definition) is 2. The summed E-state index contributed by atoms with van der Waals surface area (Å²) in [5.74, 6) is -1.39. The van der Waals surface area contributed by atoms with Crippen molar-refractivity contribution in [3.8, 4) is 0 Å². The monoisotopic (exact) mass is 251 g/mol. The maximum absolute atomic E-state index is 11.5. The number of benzene rings is 1. The molecule has 0 aliphatic carbocycles. The Bertz CT molecular complexity index is 512. The molecule has 2 rings (SSSR count). The van der Waals surface area contributed by atoms with Gasteiger partial charge in [0.25, 0.3) is 0 Å². The summed E-state index contributed by atoms with van der Waals surface area (Å²) in [6.07, 6.45) is -0.542. The Labute approximate surface area is 101 Å². The number of carboxylic acids is 1. The quantitative estimate of drug-likeness (QED) is 0.626. The van der Waals surface area contributed by atoms with E-state index in [1.807, 2.05) is 0 Å². The normalized spacial score (nSPS) is 13.8. The van der Waals surface area contributed by atoms with E-state index in [-0.39, 0.29) is 5.91 Å². The molecule has 0 saturated carbocycles. The third-order valence-corrected chi connectivity index (χ3v) is 3.32. The van der Waals surface area contributed by atoms with Crippen molar-refractivity contribution in [1.29, 1.82) is 0 Å². The molecule has 0 spiro atoms. The molecule has 17 heavy (non-hydrogen) atoms. The number of Topliss-reactive ketones (excluding diaryl/α,β-unsaturated/α-hetero) is 1. The standard InChI is InChI=1S/C11H9NO4S/c13-8(4-11(15)16)6-1-2-9-7(3-6)12-10(14)5-17-9/h1-3H,4-5H2,(H,12,14)(H,15,16). The number of carboxylic acid groups (broad SMARTS) is 1. The fourth-order valence-electron chi connectivity index (χ4n) is 1.50. The van der Waals surface area contributed by atoms with Gasteiger partial charge in [-0.3, -0.25) is 14.4 Å². The van der Waals surface area contributed by atoms with Crippen LogP contribution in [0.15, 0.2) is 23.1 Å². The molecule has 0 atom stereocenters. The Morgan fingerprint density at radius 2 is 2.18 bits per heavy atom. The maximum atomic E-state index is 11.5. The van der Waals surface area contributed by atoms with Crippen LogP contribution in [-0.2, 0) is 9.59 Å². The van der Waals surface area contributed by atoms with E-state index in [1.54, 1.807) is 12.1 Å². The van der Waals surface area contributed by atoms with Gasteiger partial charge in [0, 0.05) is 10.5 Å². The molecule has 88 valence electrons. The number of anilines is 1. The Hall–Kier alpha value is -1.82. The Morgan fingerprint density at radius 1 is 1.41 bits per heavy atom. The minimum Gasteiger partial charge on any atom is -0.481 e. The van der Waals surface area contributed by atoms with E-state index in [9.17, 15) is 14.4 Å². The third-order valence-electron chi connectivity index (χ3n) is 2.25. The molecule has 0 unspecified atom stereocenters. The summed E-state index contributed by atoms with van der Waals surface area (Å²) in [4.78, 5) is 34.0. The van der Waals surface area contributed by atoms with Crippen LogP contribution in [0.2, 0.25) is 0 Å². The van der Waals surface area contributed by atoms with Gasteiger partial charge in [-0.15, -0.1) is 11.8 Å². The first-order valence-corrected chi connectivity index (χ1v) is 5.86. The van der Waals surface area contributed by atoms with Crippen LogP contribution < -0.4 is 5.32 Å². The number of hydrogen-bond acceptors (Lipinski definition) is 4. The smallest absolute Gasteiger partial charge is 0.311 e. The Balaban J connectivity index is 2.26. The average Bonchev–Trinajstić information content (AvgIpc) is 2.27. The van der Waals surface area contributed by atoms with Crippen molar-refractivity contribution in [2.75, 3.05) is 11.1 Å². The maximum Gasteiger partial charge on any atom is 0.311 e. The summed E-state index contributed by atoms with van der Waals surface area (Å²) >= 11 is 1.39. The number of amides is 1. The first-order valence-electron chi connectivity index (χ1n) is 4.88. The number of nitrogens with one attached hydrogen (secondary N) is 1. The highest BCUT2D eigenvalue weighted by atomic mass is 32.2. The molecule has 2 N–H and O–H groups in total. The van der Waals surface area contributed by atoms with Crippen LogP contribution in [0.3, 0.4) is 0 Å². The van der Waals surface area contributed by atoms with Gasteiger partial charge in [-0.25, -0.2) is 0 Å². The zero-order chi connectivity index (χ0) is 12.4. The molecule has 0 radical (unpaired) electrons. The zero-order valence-corrected chi connectivity index (χ0v) is 9.54. The predicted molar refractivity (Wildman–Crippen MR) is 62.4 cm³/mol. The fourth-order valence-corrected chi connectivity index (χ4v) is 2.28. The molecule has 0 saturated heterocycles. The number of ketones is 1. The van der Waals surface area contributed by atoms with Crippen molar-refractivity contribution in [1.82, 2.24) is 0 Å². The first kappa shape index (κ1) is 11.7. The first-order chi connectivity index (χ1) is 8.06. The second-order valence-electron chi connectivity index (χ2n) is 3.54. The highest BCUT2D eigenvalue weighted by Gasteiger charge is 2.18. The number of thioether (sulfide) groups is 1. The average molecular weight is 251 g/mol. The topological polar surface area (TPSA) is 83.5 Å². The van der Waals surface area contributed by atoms with Crippen LogP contribution in [0.4, 0.5) is 5.69 Å². The van der Waals surface area contributed by atoms with Gasteiger partial charge in [0.05, 0.1) is 11.4 Å². The van der Waals surface area contributed by atoms with Gasteiger partial charge < -0.3 is 10.4 Å². The minimum absolute atomic E-state index is 0.120. The Morgan fingerprint density at radius 3 is 2.88 bits per heavy atom. The van der Waals surface area contributed by atoms with Gasteiger partial charge in [0.15, 0.2) is 5.78 Å². The number of carbonyl (C=O) groups is 3. The SMILES string of the molecule is O=C(O)CC(=O)c1ccc2c(c1)NC(=O)CS2. The Kier molecular flexibility index (Phi) is 3.14. The number of rotatable bonds is 3. The van der Waals surface area contributed by atoms with E-state index >= 15 is 0 Å². The molecule has 1 aromatic carbocycles. The second-order valence-corrected chi connectivity index (χ2v) is 4.56. The summed E-state index contributed by atoms with van der Waals surface area (Å²) in [5, 5.41) is 11.2. The molecule has 6 heteroatoms. The lowest BCUT2D eigenvalue weighted by Crippen LogP contribution is -2.19. The van der Waals surface area contributed by atoms with Crippen LogP contribution in [-0.4, -0.2) is 28.5 Å². The van der Waals surface area contributed by atoms with Crippen LogP contribution in [0, 0.1) is 0 Å². The van der Waals surface area contributed by atoms with E-state index < -0.39 is 18.2 Å². The summed E-state index contributed by atoms with van der Waals surface area (Å²) in [6, 6.07) is 4.81. The molecular formula is C11H9NO4S. The van der Waals surface area contributed by atoms with Crippen molar-refractivity contribution in [2.45, 2.75) is 11.3 Å². The van der Waals surface area contributed by atoms with Crippen LogP contribution in [0.25, 0.3) is 0 Å². The molecule has 1 aliphatic rings. The number of fused-ring (bicyclic) bond motifs is 1. The van der Waals surface area contributed by atoms with Crippen LogP contribution in [0.5, 0.6) is 0 Å². The van der Waals surface area contributed by atoms with Gasteiger partial charge in [-0.2, -0.15) is 0 Å². The molecule has 0 bridgehead atoms. The highest BCUT2D eigenvalue weighted by molar-refractivity contribution is 8.00. The van der Waals surface area contributed by atoms with E-state index in [0.717, 1.165) is 4.90 Å². The molecule has 0 aromatic heterocycles. The number of carbonyl (C=O) groups excluding carboxylic acids is 2. The lowest BCUT2D eigenvalue weighted by atomic mass is 10.1. The third kappa shape index (κ3) is 2.65. The lowest BCUT2D eigenvalue weighted by Gasteiger charge is -2.16. The van der Waals surface area contributed by atoms with Gasteiger partial charge >= 0.3 is 5.97 Å². The van der Waals surface area contributed by atoms with E-state index in [0.29, 0.717) is 17.0 Å². The van der Waals surface area contributed by atoms with E-state index in [2.05, 4.69) is 5.32 Å². The number of aliphatic carboxylic acids is 1. The molecule has 1 aromatic rings. The van der Waals surface area contributed by atoms with Gasteiger partial charge in [-0.05, 0) is 12.1 Å². The van der Waals surface area contributed by atoms with Gasteiger partial charge in [0.2, 0.25) is 5.91 Å². The van der Waals surface area contributed by atoms with Crippen molar-refractivity contribution in [3.63, 3.8) is 0 Å². The van der Waals surface area contributed by atoms with E-state index in [4.69, 9.17) is 5.11 Å². The molecule has 1 heterocycles. The van der Waals surface area contributed by atoms with Crippen LogP contribution >= 0.6 is 11.8 Å². The van der Waals surface area contributed by atoms with E-state index in [1.165, 1.54) is 17.8 Å².